The molecule has 0 aliphatic carbocycles. The smallest absolute Gasteiger partial charge is 0.268 e. The quantitative estimate of drug-likeness (QED) is 0.362. The summed E-state index contributed by atoms with van der Waals surface area (Å²) in [4.78, 5) is 22.9. The van der Waals surface area contributed by atoms with Crippen LogP contribution in [0.4, 0.5) is 0 Å². The van der Waals surface area contributed by atoms with Gasteiger partial charge in [0, 0.05) is 6.42 Å². The van der Waals surface area contributed by atoms with Crippen LogP contribution in [0.3, 0.4) is 0 Å². The second kappa shape index (κ2) is 7.46. The zero-order chi connectivity index (χ0) is 15.1. The Kier molecular flexibility index (Phi) is 5.95. The summed E-state index contributed by atoms with van der Waals surface area (Å²) in [6.07, 6.45) is -0.804. The van der Waals surface area contributed by atoms with Gasteiger partial charge in [-0.1, -0.05) is 18.2 Å². The Bertz CT molecular complexity index is 476. The Labute approximate surface area is 116 Å². The number of phenols is 1. The lowest BCUT2D eigenvalue weighted by atomic mass is 10.1. The van der Waals surface area contributed by atoms with E-state index in [0.29, 0.717) is 12.0 Å². The number of aryl methyl sites for hydroxylation is 1. The van der Waals surface area contributed by atoms with E-state index in [1.165, 1.54) is 18.5 Å². The lowest BCUT2D eigenvalue weighted by Crippen LogP contribution is -2.51. The molecule has 2 amide bonds. The number of phenolic OH excluding ortho intramolecular Hbond substituents is 1. The van der Waals surface area contributed by atoms with Crippen LogP contribution >= 0.6 is 0 Å². The third-order valence-corrected chi connectivity index (χ3v) is 2.80. The topological polar surface area (TPSA) is 119 Å². The van der Waals surface area contributed by atoms with Crippen molar-refractivity contribution < 1.29 is 25.0 Å². The summed E-state index contributed by atoms with van der Waals surface area (Å²) in [6.45, 7) is 1.32. The first-order valence-corrected chi connectivity index (χ1v) is 6.14. The lowest BCUT2D eigenvalue weighted by Gasteiger charge is -2.19. The van der Waals surface area contributed by atoms with Crippen LogP contribution in [0.2, 0.25) is 0 Å². The molecule has 7 nitrogen and oxygen atoms in total. The molecule has 0 spiro atoms. The molecule has 0 heterocycles. The van der Waals surface area contributed by atoms with E-state index < -0.39 is 24.0 Å². The first kappa shape index (κ1) is 15.9. The van der Waals surface area contributed by atoms with E-state index in [1.807, 2.05) is 0 Å². The number of hydrogen-bond acceptors (Lipinski definition) is 5. The number of carbonyl (C=O) groups is 2. The number of rotatable bonds is 6. The first-order chi connectivity index (χ1) is 9.45. The number of nitrogens with one attached hydrogen (secondary N) is 2. The van der Waals surface area contributed by atoms with Gasteiger partial charge in [-0.25, -0.2) is 5.48 Å². The Balaban J connectivity index is 2.55. The number of para-hydroxylation sites is 1. The zero-order valence-corrected chi connectivity index (χ0v) is 11.0. The summed E-state index contributed by atoms with van der Waals surface area (Å²) in [5, 5.41) is 29.7. The highest BCUT2D eigenvalue weighted by Crippen LogP contribution is 2.17. The number of aliphatic hydroxyl groups excluding tert-OH is 1. The normalized spacial score (nSPS) is 13.3. The fourth-order valence-corrected chi connectivity index (χ4v) is 1.69. The van der Waals surface area contributed by atoms with Crippen LogP contribution in [-0.2, 0) is 16.0 Å². The molecule has 0 fully saturated rings. The summed E-state index contributed by atoms with van der Waals surface area (Å²) < 4.78 is 0. The maximum atomic E-state index is 11.7. The van der Waals surface area contributed by atoms with Crippen molar-refractivity contribution in [2.75, 3.05) is 0 Å². The van der Waals surface area contributed by atoms with Crippen LogP contribution in [0.15, 0.2) is 24.3 Å². The average molecular weight is 282 g/mol. The molecule has 0 aromatic heterocycles. The second-order valence-electron chi connectivity index (χ2n) is 4.39. The maximum absolute atomic E-state index is 11.7. The van der Waals surface area contributed by atoms with Crippen LogP contribution in [0.1, 0.15) is 18.9 Å². The largest absolute Gasteiger partial charge is 0.508 e. The predicted molar refractivity (Wildman–Crippen MR) is 70.0 cm³/mol. The fraction of sp³-hybridized carbons (Fsp3) is 0.385. The van der Waals surface area contributed by atoms with E-state index in [9.17, 15) is 19.8 Å². The average Bonchev–Trinajstić information content (AvgIpc) is 2.42. The fourth-order valence-electron chi connectivity index (χ4n) is 1.69. The highest BCUT2D eigenvalue weighted by Gasteiger charge is 2.25. The van der Waals surface area contributed by atoms with Crippen molar-refractivity contribution in [1.82, 2.24) is 10.8 Å². The third kappa shape index (κ3) is 4.52. The monoisotopic (exact) mass is 282 g/mol. The molecule has 20 heavy (non-hydrogen) atoms. The number of amides is 2. The molecule has 0 radical (unpaired) electrons. The van der Waals surface area contributed by atoms with E-state index in [2.05, 4.69) is 5.32 Å². The van der Waals surface area contributed by atoms with Gasteiger partial charge in [0.25, 0.3) is 5.91 Å². The van der Waals surface area contributed by atoms with Crippen molar-refractivity contribution in [3.63, 3.8) is 0 Å². The van der Waals surface area contributed by atoms with Gasteiger partial charge < -0.3 is 15.5 Å². The molecule has 1 aromatic carbocycles. The summed E-state index contributed by atoms with van der Waals surface area (Å²) in [5.41, 5.74) is 1.99. The molecule has 0 bridgehead atoms. The van der Waals surface area contributed by atoms with Gasteiger partial charge in [-0.05, 0) is 25.0 Å². The minimum absolute atomic E-state index is 0.0412. The summed E-state index contributed by atoms with van der Waals surface area (Å²) >= 11 is 0. The molecule has 0 aliphatic heterocycles. The number of benzene rings is 1. The van der Waals surface area contributed by atoms with Crippen molar-refractivity contribution in [3.05, 3.63) is 29.8 Å². The van der Waals surface area contributed by atoms with Crippen LogP contribution in [0.25, 0.3) is 0 Å². The van der Waals surface area contributed by atoms with Crippen molar-refractivity contribution >= 4 is 11.8 Å². The maximum Gasteiger partial charge on any atom is 0.268 e. The van der Waals surface area contributed by atoms with Crippen molar-refractivity contribution in [1.29, 1.82) is 0 Å². The Morgan fingerprint density at radius 3 is 2.50 bits per heavy atom. The van der Waals surface area contributed by atoms with Gasteiger partial charge in [0.2, 0.25) is 5.91 Å². The van der Waals surface area contributed by atoms with Gasteiger partial charge in [0.15, 0.2) is 0 Å². The van der Waals surface area contributed by atoms with Crippen LogP contribution in [-0.4, -0.2) is 39.4 Å². The number of carbonyl (C=O) groups excluding carboxylic acids is 2. The third-order valence-electron chi connectivity index (χ3n) is 2.80. The van der Waals surface area contributed by atoms with E-state index in [0.717, 1.165) is 0 Å². The number of aromatic hydroxyl groups is 1. The molecule has 0 aliphatic rings. The van der Waals surface area contributed by atoms with Gasteiger partial charge >= 0.3 is 0 Å². The summed E-state index contributed by atoms with van der Waals surface area (Å²) in [5.74, 6) is -1.26. The lowest BCUT2D eigenvalue weighted by molar-refractivity contribution is -0.137. The van der Waals surface area contributed by atoms with E-state index in [1.54, 1.807) is 18.2 Å². The van der Waals surface area contributed by atoms with Gasteiger partial charge in [-0.15, -0.1) is 0 Å². The molecule has 1 rings (SSSR count). The number of hydrogen-bond donors (Lipinski definition) is 5. The molecular weight excluding hydrogens is 264 g/mol. The van der Waals surface area contributed by atoms with Crippen molar-refractivity contribution in [2.45, 2.75) is 31.9 Å². The number of hydroxylamine groups is 1. The van der Waals surface area contributed by atoms with Crippen molar-refractivity contribution in [3.8, 4) is 5.75 Å². The van der Waals surface area contributed by atoms with Gasteiger partial charge in [-0.3, -0.25) is 14.8 Å². The predicted octanol–water partition coefficient (Wildman–Crippen LogP) is -0.304. The summed E-state index contributed by atoms with van der Waals surface area (Å²) in [7, 11) is 0. The summed E-state index contributed by atoms with van der Waals surface area (Å²) in [6, 6.07) is 5.40. The van der Waals surface area contributed by atoms with Crippen LogP contribution in [0.5, 0.6) is 5.75 Å². The molecule has 0 saturated heterocycles. The molecular formula is C13H18N2O5. The Morgan fingerprint density at radius 1 is 1.30 bits per heavy atom. The van der Waals surface area contributed by atoms with E-state index in [-0.39, 0.29) is 12.2 Å². The van der Waals surface area contributed by atoms with Crippen molar-refractivity contribution in [2.24, 2.45) is 0 Å². The van der Waals surface area contributed by atoms with Gasteiger partial charge in [0.05, 0.1) is 6.10 Å². The highest BCUT2D eigenvalue weighted by atomic mass is 16.5. The molecule has 5 N–H and O–H groups in total. The SMILES string of the molecule is C[C@@H](O)[C@H](NC(=O)CCc1ccccc1O)C(=O)NO. The molecule has 7 heteroatoms. The molecule has 0 saturated carbocycles. The minimum atomic E-state index is -1.23. The zero-order valence-electron chi connectivity index (χ0n) is 11.0. The van der Waals surface area contributed by atoms with E-state index >= 15 is 0 Å². The molecule has 110 valence electrons. The molecule has 2 atom stereocenters. The Hall–Kier alpha value is -2.12. The Morgan fingerprint density at radius 2 is 1.95 bits per heavy atom. The van der Waals surface area contributed by atoms with Crippen LogP contribution in [0, 0.1) is 0 Å². The first-order valence-electron chi connectivity index (χ1n) is 6.14. The minimum Gasteiger partial charge on any atom is -0.508 e. The van der Waals surface area contributed by atoms with E-state index in [4.69, 9.17) is 5.21 Å². The van der Waals surface area contributed by atoms with Gasteiger partial charge in [-0.2, -0.15) is 0 Å². The van der Waals surface area contributed by atoms with Gasteiger partial charge in [0.1, 0.15) is 11.8 Å². The van der Waals surface area contributed by atoms with Crippen LogP contribution < -0.4 is 10.8 Å². The highest BCUT2D eigenvalue weighted by molar-refractivity contribution is 5.87. The standard InChI is InChI=1S/C13H18N2O5/c1-8(16)12(13(19)15-20)14-11(18)7-6-9-4-2-3-5-10(9)17/h2-5,8,12,16-17,20H,6-7H2,1H3,(H,14,18)(H,15,19)/t8-,12+/m1/s1. The second-order valence-corrected chi connectivity index (χ2v) is 4.39. The molecule has 0 unspecified atom stereocenters. The number of aliphatic hydroxyl groups is 1. The molecule has 1 aromatic rings.